The summed E-state index contributed by atoms with van der Waals surface area (Å²) in [5.74, 6) is 0. The Morgan fingerprint density at radius 1 is 0.524 bits per heavy atom. The maximum atomic E-state index is 2.28. The monoisotopic (exact) mass is 274 g/mol. The average Bonchev–Trinajstić information content (AvgIpc) is 2.59. The molecular formula is C21H22. The van der Waals surface area contributed by atoms with E-state index in [9.17, 15) is 0 Å². The van der Waals surface area contributed by atoms with Crippen LogP contribution in [0.2, 0.25) is 0 Å². The molecule has 106 valence electrons. The minimum absolute atomic E-state index is 1.26. The van der Waals surface area contributed by atoms with Crippen molar-refractivity contribution in [1.29, 1.82) is 0 Å². The Morgan fingerprint density at radius 3 is 1.62 bits per heavy atom. The van der Waals surface area contributed by atoms with Crippen LogP contribution in [-0.2, 0) is 0 Å². The number of rotatable bonds is 2. The topological polar surface area (TPSA) is 0 Å². The van der Waals surface area contributed by atoms with Gasteiger partial charge in [0, 0.05) is 0 Å². The maximum Gasteiger partial charge on any atom is -0.0149 e. The van der Waals surface area contributed by atoms with Crippen molar-refractivity contribution in [3.05, 3.63) is 84.4 Å². The number of hydrogen-bond acceptors (Lipinski definition) is 0. The zero-order chi connectivity index (χ0) is 15.1. The number of benzene rings is 3. The van der Waals surface area contributed by atoms with Crippen LogP contribution in [0.4, 0.5) is 0 Å². The van der Waals surface area contributed by atoms with Crippen molar-refractivity contribution in [3.8, 4) is 22.3 Å². The van der Waals surface area contributed by atoms with Gasteiger partial charge in [-0.2, -0.15) is 0 Å². The van der Waals surface area contributed by atoms with E-state index in [0.717, 1.165) is 0 Å². The van der Waals surface area contributed by atoms with Crippen molar-refractivity contribution in [2.45, 2.75) is 20.8 Å². The van der Waals surface area contributed by atoms with Crippen LogP contribution in [0.25, 0.3) is 22.3 Å². The SMILES string of the molecule is CC.Cc1ccc(-c2ccccc2)cc1-c1ccccc1. The van der Waals surface area contributed by atoms with Gasteiger partial charge in [-0.15, -0.1) is 0 Å². The van der Waals surface area contributed by atoms with Crippen molar-refractivity contribution in [1.82, 2.24) is 0 Å². The predicted molar refractivity (Wildman–Crippen MR) is 93.4 cm³/mol. The highest BCUT2D eigenvalue weighted by atomic mass is 14.1. The molecule has 0 bridgehead atoms. The lowest BCUT2D eigenvalue weighted by atomic mass is 9.95. The molecule has 0 aliphatic carbocycles. The Balaban J connectivity index is 0.000000774. The summed E-state index contributed by atoms with van der Waals surface area (Å²) in [4.78, 5) is 0. The van der Waals surface area contributed by atoms with E-state index in [1.165, 1.54) is 27.8 Å². The summed E-state index contributed by atoms with van der Waals surface area (Å²) in [6.07, 6.45) is 0. The molecule has 3 aromatic rings. The lowest BCUT2D eigenvalue weighted by molar-refractivity contribution is 1.45. The molecule has 0 saturated carbocycles. The third kappa shape index (κ3) is 3.61. The molecule has 0 heteroatoms. The van der Waals surface area contributed by atoms with E-state index in [-0.39, 0.29) is 0 Å². The summed E-state index contributed by atoms with van der Waals surface area (Å²) in [5, 5.41) is 0. The second-order valence-corrected chi connectivity index (χ2v) is 4.76. The highest BCUT2D eigenvalue weighted by Crippen LogP contribution is 2.29. The highest BCUT2D eigenvalue weighted by Gasteiger charge is 2.04. The van der Waals surface area contributed by atoms with Gasteiger partial charge in [0.15, 0.2) is 0 Å². The van der Waals surface area contributed by atoms with Crippen LogP contribution in [0.15, 0.2) is 78.9 Å². The quantitative estimate of drug-likeness (QED) is 0.510. The molecular weight excluding hydrogens is 252 g/mol. The summed E-state index contributed by atoms with van der Waals surface area (Å²) >= 11 is 0. The summed E-state index contributed by atoms with van der Waals surface area (Å²) in [6.45, 7) is 6.16. The maximum absolute atomic E-state index is 2.28. The van der Waals surface area contributed by atoms with E-state index in [1.807, 2.05) is 13.8 Å². The van der Waals surface area contributed by atoms with Crippen LogP contribution >= 0.6 is 0 Å². The standard InChI is InChI=1S/C19H16.C2H6/c1-15-12-13-18(16-8-4-2-5-9-16)14-19(15)17-10-6-3-7-11-17;1-2/h2-14H,1H3;1-2H3. The van der Waals surface area contributed by atoms with Gasteiger partial charge in [0.2, 0.25) is 0 Å². The molecule has 3 rings (SSSR count). The zero-order valence-electron chi connectivity index (χ0n) is 13.0. The van der Waals surface area contributed by atoms with Gasteiger partial charge in [-0.1, -0.05) is 86.6 Å². The lowest BCUT2D eigenvalue weighted by Crippen LogP contribution is -1.85. The van der Waals surface area contributed by atoms with Crippen LogP contribution in [0.5, 0.6) is 0 Å². The summed E-state index contributed by atoms with van der Waals surface area (Å²) in [6, 6.07) is 27.7. The highest BCUT2D eigenvalue weighted by molar-refractivity contribution is 5.75. The van der Waals surface area contributed by atoms with Gasteiger partial charge in [0.25, 0.3) is 0 Å². The van der Waals surface area contributed by atoms with Crippen molar-refractivity contribution >= 4 is 0 Å². The Labute approximate surface area is 128 Å². The first-order chi connectivity index (χ1) is 10.3. The minimum Gasteiger partial charge on any atom is -0.0683 e. The third-order valence-corrected chi connectivity index (χ3v) is 3.43. The number of aryl methyl sites for hydroxylation is 1. The van der Waals surface area contributed by atoms with Crippen LogP contribution in [0.1, 0.15) is 19.4 Å². The normalized spacial score (nSPS) is 9.67. The van der Waals surface area contributed by atoms with Gasteiger partial charge in [-0.25, -0.2) is 0 Å². The van der Waals surface area contributed by atoms with Gasteiger partial charge in [-0.05, 0) is 40.8 Å². The molecule has 0 spiro atoms. The average molecular weight is 274 g/mol. The second kappa shape index (κ2) is 7.44. The van der Waals surface area contributed by atoms with E-state index in [1.54, 1.807) is 0 Å². The molecule has 21 heavy (non-hydrogen) atoms. The summed E-state index contributed by atoms with van der Waals surface area (Å²) in [7, 11) is 0. The molecule has 0 aromatic heterocycles. The van der Waals surface area contributed by atoms with Crippen molar-refractivity contribution in [3.63, 3.8) is 0 Å². The molecule has 0 aliphatic rings. The van der Waals surface area contributed by atoms with Gasteiger partial charge < -0.3 is 0 Å². The molecule has 0 aliphatic heterocycles. The Kier molecular flexibility index (Phi) is 5.34. The molecule has 0 atom stereocenters. The smallest absolute Gasteiger partial charge is 0.0149 e. The zero-order valence-corrected chi connectivity index (χ0v) is 13.0. The Hall–Kier alpha value is -2.34. The molecule has 0 nitrogen and oxygen atoms in total. The van der Waals surface area contributed by atoms with Crippen LogP contribution in [-0.4, -0.2) is 0 Å². The molecule has 0 unspecified atom stereocenters. The molecule has 3 aromatic carbocycles. The fourth-order valence-corrected chi connectivity index (χ4v) is 2.36. The molecule has 0 radical (unpaired) electrons. The van der Waals surface area contributed by atoms with E-state index in [2.05, 4.69) is 85.8 Å². The van der Waals surface area contributed by atoms with Crippen LogP contribution in [0, 0.1) is 6.92 Å². The molecule has 0 N–H and O–H groups in total. The lowest BCUT2D eigenvalue weighted by Gasteiger charge is -2.09. The van der Waals surface area contributed by atoms with Crippen molar-refractivity contribution in [2.75, 3.05) is 0 Å². The van der Waals surface area contributed by atoms with Crippen molar-refractivity contribution in [2.24, 2.45) is 0 Å². The summed E-state index contributed by atoms with van der Waals surface area (Å²) < 4.78 is 0. The van der Waals surface area contributed by atoms with E-state index in [0.29, 0.717) is 0 Å². The first-order valence-corrected chi connectivity index (χ1v) is 7.56. The van der Waals surface area contributed by atoms with Crippen molar-refractivity contribution < 1.29 is 0 Å². The first-order valence-electron chi connectivity index (χ1n) is 7.56. The molecule has 0 heterocycles. The first kappa shape index (κ1) is 15.1. The van der Waals surface area contributed by atoms with Crippen LogP contribution in [0.3, 0.4) is 0 Å². The predicted octanol–water partition coefficient (Wildman–Crippen LogP) is 6.36. The Bertz CT molecular complexity index is 667. The van der Waals surface area contributed by atoms with Gasteiger partial charge >= 0.3 is 0 Å². The largest absolute Gasteiger partial charge is 0.0683 e. The fourth-order valence-electron chi connectivity index (χ4n) is 2.36. The Morgan fingerprint density at radius 2 is 1.05 bits per heavy atom. The second-order valence-electron chi connectivity index (χ2n) is 4.76. The minimum atomic E-state index is 1.26. The summed E-state index contributed by atoms with van der Waals surface area (Å²) in [5.41, 5.74) is 6.43. The van der Waals surface area contributed by atoms with E-state index < -0.39 is 0 Å². The number of hydrogen-bond donors (Lipinski definition) is 0. The molecule has 0 amide bonds. The van der Waals surface area contributed by atoms with Gasteiger partial charge in [0.1, 0.15) is 0 Å². The van der Waals surface area contributed by atoms with E-state index in [4.69, 9.17) is 0 Å². The molecule has 0 fully saturated rings. The van der Waals surface area contributed by atoms with Gasteiger partial charge in [0.05, 0.1) is 0 Å². The van der Waals surface area contributed by atoms with E-state index >= 15 is 0 Å². The third-order valence-electron chi connectivity index (χ3n) is 3.43. The van der Waals surface area contributed by atoms with Gasteiger partial charge in [-0.3, -0.25) is 0 Å². The molecule has 0 saturated heterocycles. The van der Waals surface area contributed by atoms with Crippen LogP contribution < -0.4 is 0 Å². The fraction of sp³-hybridized carbons (Fsp3) is 0.143.